The zero-order chi connectivity index (χ0) is 32.0. The quantitative estimate of drug-likeness (QED) is 0.0668. The summed E-state index contributed by atoms with van der Waals surface area (Å²) in [5, 5.41) is 13.2. The van der Waals surface area contributed by atoms with Crippen LogP contribution in [0, 0.1) is 0 Å². The molecule has 0 aliphatic heterocycles. The van der Waals surface area contributed by atoms with Crippen molar-refractivity contribution in [2.75, 3.05) is 59.0 Å². The van der Waals surface area contributed by atoms with Gasteiger partial charge in [-0.25, -0.2) is 0 Å². The van der Waals surface area contributed by atoms with Gasteiger partial charge in [0, 0.05) is 6.54 Å². The molecule has 4 nitrogen and oxygen atoms in total. The fourth-order valence-corrected chi connectivity index (χ4v) is 6.52. The van der Waals surface area contributed by atoms with Crippen molar-refractivity contribution in [1.29, 1.82) is 0 Å². The highest BCUT2D eigenvalue weighted by Gasteiger charge is 2.09. The number of hydrogen-bond donors (Lipinski definition) is 2. The van der Waals surface area contributed by atoms with Crippen molar-refractivity contribution in [3.63, 3.8) is 0 Å². The third kappa shape index (κ3) is 34.7. The van der Waals surface area contributed by atoms with Crippen molar-refractivity contribution in [3.05, 3.63) is 0 Å². The molecule has 0 aromatic carbocycles. The molecule has 4 heteroatoms. The molecule has 0 saturated heterocycles. The first-order valence-electron chi connectivity index (χ1n) is 20.5. The van der Waals surface area contributed by atoms with Crippen LogP contribution in [-0.2, 0) is 0 Å². The molecule has 0 heterocycles. The van der Waals surface area contributed by atoms with Crippen LogP contribution in [0.3, 0.4) is 0 Å². The van der Waals surface area contributed by atoms with Crippen molar-refractivity contribution in [2.24, 2.45) is 0 Å². The Kier molecular flexibility index (Phi) is 38.9. The lowest BCUT2D eigenvalue weighted by Crippen LogP contribution is -2.33. The highest BCUT2D eigenvalue weighted by molar-refractivity contribution is 4.64. The fraction of sp³-hybridized carbons (Fsp3) is 1.00. The lowest BCUT2D eigenvalue weighted by molar-refractivity contribution is 0.179. The number of rotatable bonds is 39. The maximum atomic E-state index is 9.66. The summed E-state index contributed by atoms with van der Waals surface area (Å²) in [4.78, 5) is 5.33. The van der Waals surface area contributed by atoms with Crippen molar-refractivity contribution in [3.8, 4) is 0 Å². The standard InChI is InChI=1S/C40H85N3O/c1-4-7-10-12-14-16-18-20-24-28-34-42(35-29-25-21-19-17-15-13-11-8-5-2)37-31-38-43(39-40-44)36-30-26-22-23-27-33-41-32-9-6-3/h41,44H,4-40H2,1-3H3. The first-order chi connectivity index (χ1) is 21.8. The van der Waals surface area contributed by atoms with Crippen LogP contribution >= 0.6 is 0 Å². The van der Waals surface area contributed by atoms with Crippen LogP contribution in [0.1, 0.15) is 201 Å². The Hall–Kier alpha value is -0.160. The molecule has 0 aliphatic rings. The summed E-state index contributed by atoms with van der Waals surface area (Å²) < 4.78 is 0. The largest absolute Gasteiger partial charge is 0.395 e. The molecular weight excluding hydrogens is 538 g/mol. The molecule has 0 aliphatic carbocycles. The third-order valence-electron chi connectivity index (χ3n) is 9.56. The lowest BCUT2D eigenvalue weighted by atomic mass is 10.1. The SMILES string of the molecule is CCCCCCCCCCCCN(CCCCCCCCCCCC)CCCN(CCO)CCCCCCCNCCCC. The summed E-state index contributed by atoms with van der Waals surface area (Å²) in [6.07, 6.45) is 38.9. The zero-order valence-electron chi connectivity index (χ0n) is 31.0. The molecule has 266 valence electrons. The van der Waals surface area contributed by atoms with Gasteiger partial charge in [0.1, 0.15) is 0 Å². The first kappa shape index (κ1) is 43.8. The molecule has 0 aromatic rings. The van der Waals surface area contributed by atoms with E-state index in [0.29, 0.717) is 6.61 Å². The Morgan fingerprint density at radius 1 is 0.318 bits per heavy atom. The maximum Gasteiger partial charge on any atom is 0.0558 e. The maximum absolute atomic E-state index is 9.66. The van der Waals surface area contributed by atoms with Crippen molar-refractivity contribution in [2.45, 2.75) is 201 Å². The summed E-state index contributed by atoms with van der Waals surface area (Å²) in [5.41, 5.74) is 0. The Bertz CT molecular complexity index is 479. The van der Waals surface area contributed by atoms with Crippen LogP contribution in [0.15, 0.2) is 0 Å². The van der Waals surface area contributed by atoms with Gasteiger partial charge in [-0.05, 0) is 84.3 Å². The van der Waals surface area contributed by atoms with Gasteiger partial charge >= 0.3 is 0 Å². The van der Waals surface area contributed by atoms with Gasteiger partial charge in [-0.2, -0.15) is 0 Å². The van der Waals surface area contributed by atoms with E-state index in [0.717, 1.165) is 19.6 Å². The van der Waals surface area contributed by atoms with E-state index >= 15 is 0 Å². The van der Waals surface area contributed by atoms with E-state index in [1.54, 1.807) is 0 Å². The Morgan fingerprint density at radius 2 is 0.614 bits per heavy atom. The van der Waals surface area contributed by atoms with Crippen LogP contribution in [0.4, 0.5) is 0 Å². The molecule has 0 spiro atoms. The van der Waals surface area contributed by atoms with E-state index in [1.165, 1.54) is 213 Å². The summed E-state index contributed by atoms with van der Waals surface area (Å²) in [7, 11) is 0. The number of unbranched alkanes of at least 4 members (excludes halogenated alkanes) is 23. The van der Waals surface area contributed by atoms with E-state index in [1.807, 2.05) is 0 Å². The van der Waals surface area contributed by atoms with Gasteiger partial charge in [0.15, 0.2) is 0 Å². The van der Waals surface area contributed by atoms with Gasteiger partial charge in [0.2, 0.25) is 0 Å². The highest BCUT2D eigenvalue weighted by atomic mass is 16.3. The van der Waals surface area contributed by atoms with E-state index in [-0.39, 0.29) is 0 Å². The molecule has 44 heavy (non-hydrogen) atoms. The second kappa shape index (κ2) is 39.0. The minimum atomic E-state index is 0.296. The van der Waals surface area contributed by atoms with Gasteiger partial charge in [-0.1, -0.05) is 162 Å². The average molecular weight is 624 g/mol. The van der Waals surface area contributed by atoms with Crippen LogP contribution < -0.4 is 5.32 Å². The Labute approximate surface area is 279 Å². The van der Waals surface area contributed by atoms with Crippen LogP contribution in [0.25, 0.3) is 0 Å². The molecule has 0 amide bonds. The zero-order valence-corrected chi connectivity index (χ0v) is 31.0. The summed E-state index contributed by atoms with van der Waals surface area (Å²) in [6, 6.07) is 0. The average Bonchev–Trinajstić information content (AvgIpc) is 3.03. The second-order valence-corrected chi connectivity index (χ2v) is 14.0. The summed E-state index contributed by atoms with van der Waals surface area (Å²) >= 11 is 0. The summed E-state index contributed by atoms with van der Waals surface area (Å²) in [5.74, 6) is 0. The van der Waals surface area contributed by atoms with E-state index in [2.05, 4.69) is 35.9 Å². The number of hydrogen-bond acceptors (Lipinski definition) is 4. The summed E-state index contributed by atoms with van der Waals surface area (Å²) in [6.45, 7) is 16.5. The number of aliphatic hydroxyl groups is 1. The van der Waals surface area contributed by atoms with E-state index in [9.17, 15) is 5.11 Å². The fourth-order valence-electron chi connectivity index (χ4n) is 6.52. The lowest BCUT2D eigenvalue weighted by Gasteiger charge is -2.26. The topological polar surface area (TPSA) is 38.7 Å². The van der Waals surface area contributed by atoms with Crippen molar-refractivity contribution in [1.82, 2.24) is 15.1 Å². The minimum absolute atomic E-state index is 0.296. The van der Waals surface area contributed by atoms with E-state index in [4.69, 9.17) is 0 Å². The highest BCUT2D eigenvalue weighted by Crippen LogP contribution is 2.13. The van der Waals surface area contributed by atoms with Gasteiger partial charge in [0.05, 0.1) is 6.61 Å². The first-order valence-corrected chi connectivity index (χ1v) is 20.5. The molecule has 0 bridgehead atoms. The van der Waals surface area contributed by atoms with Crippen molar-refractivity contribution < 1.29 is 5.11 Å². The number of nitrogens with zero attached hydrogens (tertiary/aromatic N) is 2. The molecule has 0 fully saturated rings. The second-order valence-electron chi connectivity index (χ2n) is 14.0. The van der Waals surface area contributed by atoms with Gasteiger partial charge in [-0.15, -0.1) is 0 Å². The van der Waals surface area contributed by atoms with Crippen LogP contribution in [0.2, 0.25) is 0 Å². The Balaban J connectivity index is 4.22. The molecule has 0 saturated carbocycles. The molecule has 2 N–H and O–H groups in total. The Morgan fingerprint density at radius 3 is 1.00 bits per heavy atom. The predicted octanol–water partition coefficient (Wildman–Crippen LogP) is 11.2. The van der Waals surface area contributed by atoms with Gasteiger partial charge < -0.3 is 20.2 Å². The molecule has 0 unspecified atom stereocenters. The van der Waals surface area contributed by atoms with Gasteiger partial charge in [0.25, 0.3) is 0 Å². The minimum Gasteiger partial charge on any atom is -0.395 e. The number of nitrogens with one attached hydrogen (secondary N) is 1. The third-order valence-corrected chi connectivity index (χ3v) is 9.56. The van der Waals surface area contributed by atoms with Crippen LogP contribution in [0.5, 0.6) is 0 Å². The molecular formula is C40H85N3O. The number of aliphatic hydroxyl groups excluding tert-OH is 1. The predicted molar refractivity (Wildman–Crippen MR) is 199 cm³/mol. The normalized spacial score (nSPS) is 11.9. The molecule has 0 rings (SSSR count). The molecule has 0 atom stereocenters. The smallest absolute Gasteiger partial charge is 0.0558 e. The molecule has 0 aromatic heterocycles. The van der Waals surface area contributed by atoms with Crippen molar-refractivity contribution >= 4 is 0 Å². The van der Waals surface area contributed by atoms with Gasteiger partial charge in [-0.3, -0.25) is 0 Å². The van der Waals surface area contributed by atoms with Crippen LogP contribution in [-0.4, -0.2) is 73.9 Å². The monoisotopic (exact) mass is 624 g/mol. The molecule has 0 radical (unpaired) electrons. The van der Waals surface area contributed by atoms with E-state index < -0.39 is 0 Å².